The van der Waals surface area contributed by atoms with E-state index in [-0.39, 0.29) is 19.0 Å². The van der Waals surface area contributed by atoms with Crippen molar-refractivity contribution in [1.82, 2.24) is 20.4 Å². The number of rotatable bonds is 15. The minimum Gasteiger partial charge on any atom is -0.493 e. The lowest BCUT2D eigenvalue weighted by Crippen LogP contribution is -2.44. The van der Waals surface area contributed by atoms with Crippen LogP contribution in [-0.4, -0.2) is 65.9 Å². The highest BCUT2D eigenvalue weighted by atomic mass is 32.2. The summed E-state index contributed by atoms with van der Waals surface area (Å²) in [5.41, 5.74) is 7.08. The van der Waals surface area contributed by atoms with Crippen molar-refractivity contribution in [3.05, 3.63) is 101 Å². The molecule has 52 heavy (non-hydrogen) atoms. The molecule has 0 atom stereocenters. The van der Waals surface area contributed by atoms with Gasteiger partial charge in [0.2, 0.25) is 17.7 Å². The summed E-state index contributed by atoms with van der Waals surface area (Å²) in [6, 6.07) is 19.9. The van der Waals surface area contributed by atoms with Crippen LogP contribution in [0.5, 0.6) is 5.75 Å². The van der Waals surface area contributed by atoms with Gasteiger partial charge in [-0.3, -0.25) is 23.6 Å². The number of anilines is 1. The number of hydrogen-bond acceptors (Lipinski definition) is 7. The lowest BCUT2D eigenvalue weighted by molar-refractivity contribution is -0.137. The smallest absolute Gasteiger partial charge is 0.266 e. The minimum absolute atomic E-state index is 0.0978. The molecule has 1 aliphatic heterocycles. The molecular formula is C39H45N5O7S. The van der Waals surface area contributed by atoms with E-state index in [0.717, 1.165) is 57.7 Å². The first-order valence-electron chi connectivity index (χ1n) is 17.7. The van der Waals surface area contributed by atoms with E-state index < -0.39 is 33.1 Å². The Balaban J connectivity index is 1.04. The summed E-state index contributed by atoms with van der Waals surface area (Å²) in [5.74, 6) is -0.595. The first-order chi connectivity index (χ1) is 24.9. The molecule has 0 saturated heterocycles. The molecule has 2 aliphatic rings. The fourth-order valence-electron chi connectivity index (χ4n) is 6.69. The van der Waals surface area contributed by atoms with Gasteiger partial charge in [-0.25, -0.2) is 0 Å². The van der Waals surface area contributed by atoms with Gasteiger partial charge in [0.15, 0.2) is 0 Å². The third-order valence-electron chi connectivity index (χ3n) is 9.90. The van der Waals surface area contributed by atoms with Gasteiger partial charge in [0.25, 0.3) is 10.1 Å². The number of carbonyl (C=O) groups excluding carboxylic acids is 3. The van der Waals surface area contributed by atoms with Crippen LogP contribution in [-0.2, 0) is 44.0 Å². The van der Waals surface area contributed by atoms with Gasteiger partial charge in [0, 0.05) is 43.5 Å². The van der Waals surface area contributed by atoms with Crippen molar-refractivity contribution in [3.8, 4) is 16.9 Å². The van der Waals surface area contributed by atoms with Gasteiger partial charge in [-0.15, -0.1) is 0 Å². The van der Waals surface area contributed by atoms with Gasteiger partial charge in [0.05, 0.1) is 25.1 Å². The Morgan fingerprint density at radius 2 is 1.73 bits per heavy atom. The number of hydrogen-bond donors (Lipinski definition) is 3. The van der Waals surface area contributed by atoms with E-state index in [2.05, 4.69) is 34.8 Å². The molecule has 6 rings (SSSR count). The maximum atomic E-state index is 13.4. The number of nitrogens with zero attached hydrogens (tertiary/aromatic N) is 3. The fraction of sp³-hybridized carbons (Fsp3) is 0.385. The van der Waals surface area contributed by atoms with Crippen LogP contribution in [0.25, 0.3) is 11.1 Å². The zero-order chi connectivity index (χ0) is 36.9. The summed E-state index contributed by atoms with van der Waals surface area (Å²) < 4.78 is 38.6. The second-order valence-corrected chi connectivity index (χ2v) is 15.2. The summed E-state index contributed by atoms with van der Waals surface area (Å²) in [5, 5.41) is 9.92. The van der Waals surface area contributed by atoms with Gasteiger partial charge in [-0.05, 0) is 91.5 Å². The van der Waals surface area contributed by atoms with Crippen molar-refractivity contribution < 1.29 is 32.1 Å². The molecule has 1 aromatic heterocycles. The molecule has 274 valence electrons. The van der Waals surface area contributed by atoms with Crippen LogP contribution >= 0.6 is 0 Å². The van der Waals surface area contributed by atoms with Crippen LogP contribution in [0.4, 0.5) is 5.69 Å². The van der Waals surface area contributed by atoms with E-state index >= 15 is 0 Å². The van der Waals surface area contributed by atoms with Crippen molar-refractivity contribution in [2.45, 2.75) is 65.5 Å². The highest BCUT2D eigenvalue weighted by Gasteiger charge is 2.56. The van der Waals surface area contributed by atoms with Crippen molar-refractivity contribution >= 4 is 33.5 Å². The van der Waals surface area contributed by atoms with Crippen molar-refractivity contribution in [3.63, 3.8) is 0 Å². The predicted octanol–water partition coefficient (Wildman–Crippen LogP) is 4.75. The second kappa shape index (κ2) is 15.7. The van der Waals surface area contributed by atoms with Crippen LogP contribution in [0.15, 0.2) is 73.1 Å². The minimum atomic E-state index is -4.21. The highest BCUT2D eigenvalue weighted by molar-refractivity contribution is 7.85. The van der Waals surface area contributed by atoms with Crippen molar-refractivity contribution in [2.75, 3.05) is 30.3 Å². The van der Waals surface area contributed by atoms with Crippen LogP contribution in [0.1, 0.15) is 59.9 Å². The average molecular weight is 728 g/mol. The van der Waals surface area contributed by atoms with Gasteiger partial charge in [-0.2, -0.15) is 13.5 Å². The number of carbonyl (C=O) groups is 3. The van der Waals surface area contributed by atoms with Crippen molar-refractivity contribution in [2.24, 2.45) is 5.41 Å². The summed E-state index contributed by atoms with van der Waals surface area (Å²) in [6.45, 7) is 5.75. The largest absolute Gasteiger partial charge is 0.493 e. The molecule has 3 N–H and O–H groups in total. The molecular weight excluding hydrogens is 683 g/mol. The molecule has 3 aromatic carbocycles. The quantitative estimate of drug-likeness (QED) is 0.0899. The fourth-order valence-corrected chi connectivity index (χ4v) is 7.05. The van der Waals surface area contributed by atoms with Crippen LogP contribution < -0.4 is 20.3 Å². The Hall–Kier alpha value is -5.01. The van der Waals surface area contributed by atoms with Crippen LogP contribution in [0.3, 0.4) is 0 Å². The standard InChI is InChI=1S/C39H45N5O7S/c1-27-8-3-14-35(28(27)2)51-20-7-15-36(45)44-19-6-12-33-32(11-5-13-34(33)44)31-24-42-43(26-31)25-30-10-4-9-29(22-30)23-41-38(47)39(16-17-39)37(46)40-18-21-52(48,49)50/h3-5,8-11,13-14,22,24,26H,6-7,12,15-21,23,25H2,1-2H3,(H,40,46)(H,41,47)(H,48,49,50). The summed E-state index contributed by atoms with van der Waals surface area (Å²) in [7, 11) is -4.21. The van der Waals surface area contributed by atoms with Gasteiger partial charge in [-0.1, -0.05) is 48.5 Å². The second-order valence-electron chi connectivity index (χ2n) is 13.7. The number of amides is 3. The normalized spacial score (nSPS) is 14.7. The van der Waals surface area contributed by atoms with E-state index in [1.807, 2.05) is 77.4 Å². The molecule has 12 nitrogen and oxygen atoms in total. The number of fused-ring (bicyclic) bond motifs is 1. The molecule has 0 spiro atoms. The lowest BCUT2D eigenvalue weighted by Gasteiger charge is -2.31. The molecule has 1 fully saturated rings. The van der Waals surface area contributed by atoms with Gasteiger partial charge in [0.1, 0.15) is 11.2 Å². The molecule has 0 bridgehead atoms. The Morgan fingerprint density at radius 3 is 2.52 bits per heavy atom. The monoisotopic (exact) mass is 727 g/mol. The summed E-state index contributed by atoms with van der Waals surface area (Å²) in [4.78, 5) is 40.8. The van der Waals surface area contributed by atoms with Crippen molar-refractivity contribution in [1.29, 1.82) is 0 Å². The number of benzene rings is 3. The molecule has 0 unspecified atom stereocenters. The van der Waals surface area contributed by atoms with Gasteiger partial charge >= 0.3 is 0 Å². The summed E-state index contributed by atoms with van der Waals surface area (Å²) >= 11 is 0. The third kappa shape index (κ3) is 8.71. The Bertz CT molecular complexity index is 2070. The third-order valence-corrected chi connectivity index (χ3v) is 10.6. The summed E-state index contributed by atoms with van der Waals surface area (Å²) in [6.07, 6.45) is 7.41. The molecule has 13 heteroatoms. The Labute approximate surface area is 304 Å². The molecule has 0 radical (unpaired) electrons. The lowest BCUT2D eigenvalue weighted by atomic mass is 9.93. The molecule has 2 heterocycles. The highest BCUT2D eigenvalue weighted by Crippen LogP contribution is 2.46. The van der Waals surface area contributed by atoms with E-state index in [0.29, 0.717) is 45.4 Å². The number of ether oxygens (including phenoxy) is 1. The number of aryl methyl sites for hydroxylation is 1. The maximum absolute atomic E-state index is 13.4. The predicted molar refractivity (Wildman–Crippen MR) is 197 cm³/mol. The van der Waals surface area contributed by atoms with E-state index in [4.69, 9.17) is 9.29 Å². The zero-order valence-electron chi connectivity index (χ0n) is 29.6. The molecule has 3 amide bonds. The van der Waals surface area contributed by atoms with Crippen LogP contribution in [0.2, 0.25) is 0 Å². The molecule has 4 aromatic rings. The number of aromatic nitrogens is 2. The zero-order valence-corrected chi connectivity index (χ0v) is 30.4. The first-order valence-corrected chi connectivity index (χ1v) is 19.3. The Morgan fingerprint density at radius 1 is 0.981 bits per heavy atom. The maximum Gasteiger partial charge on any atom is 0.266 e. The van der Waals surface area contributed by atoms with E-state index in [1.165, 1.54) is 5.56 Å². The van der Waals surface area contributed by atoms with E-state index in [1.54, 1.807) is 0 Å². The molecule has 1 saturated carbocycles. The van der Waals surface area contributed by atoms with E-state index in [9.17, 15) is 22.8 Å². The van der Waals surface area contributed by atoms with Crippen LogP contribution in [0, 0.1) is 19.3 Å². The SMILES string of the molecule is Cc1cccc(OCCCC(=O)N2CCCc3c(-c4cnn(Cc5cccc(CNC(=O)C6(C(=O)NCCS(=O)(=O)O)CC6)c5)c4)cccc32)c1C. The topological polar surface area (TPSA) is 160 Å². The number of nitrogens with one attached hydrogen (secondary N) is 2. The van der Waals surface area contributed by atoms with Gasteiger partial charge < -0.3 is 20.3 Å². The average Bonchev–Trinajstić information content (AvgIpc) is 3.82. The first kappa shape index (κ1) is 36.8. The molecule has 1 aliphatic carbocycles. The Kier molecular flexibility index (Phi) is 11.1.